The van der Waals surface area contributed by atoms with Crippen LogP contribution in [0.5, 0.6) is 0 Å². The minimum atomic E-state index is 0.176. The number of alkyl halides is 3. The standard InChI is InChI=1S/C9H11I2N/c1-10-12-9-5-3-2-4-7(9)8-6-11-8/h2-5,8,12H,6H2,1H3/q-2. The quantitative estimate of drug-likeness (QED) is 0.316. The Morgan fingerprint density at radius 2 is 2.25 bits per heavy atom. The fourth-order valence-corrected chi connectivity index (χ4v) is 3.99. The average molecular weight is 387 g/mol. The number of para-hydroxylation sites is 1. The fraction of sp³-hybridized carbons (Fsp3) is 0.333. The molecule has 1 N–H and O–H groups in total. The van der Waals surface area contributed by atoms with Crippen LogP contribution in [-0.4, -0.2) is 9.36 Å². The zero-order valence-electron chi connectivity index (χ0n) is 6.85. The van der Waals surface area contributed by atoms with E-state index >= 15 is 0 Å². The van der Waals surface area contributed by atoms with Gasteiger partial charge in [0.15, 0.2) is 0 Å². The summed E-state index contributed by atoms with van der Waals surface area (Å²) in [6.07, 6.45) is 0. The number of rotatable bonds is 3. The van der Waals surface area contributed by atoms with Crippen molar-refractivity contribution in [2.75, 3.05) is 12.9 Å². The molecule has 1 aromatic rings. The molecule has 0 spiro atoms. The Balaban J connectivity index is 2.24. The van der Waals surface area contributed by atoms with Gasteiger partial charge in [-0.3, -0.25) is 0 Å². The number of anilines is 1. The van der Waals surface area contributed by atoms with Crippen molar-refractivity contribution in [3.05, 3.63) is 29.8 Å². The van der Waals surface area contributed by atoms with Crippen LogP contribution in [0.2, 0.25) is 0 Å². The van der Waals surface area contributed by atoms with E-state index < -0.39 is 0 Å². The molecule has 0 saturated carbocycles. The van der Waals surface area contributed by atoms with Crippen molar-refractivity contribution in [2.24, 2.45) is 0 Å². The summed E-state index contributed by atoms with van der Waals surface area (Å²) in [6, 6.07) is 8.81. The summed E-state index contributed by atoms with van der Waals surface area (Å²) in [6.45, 7) is 0. The van der Waals surface area contributed by atoms with Crippen molar-refractivity contribution in [1.29, 1.82) is 0 Å². The Morgan fingerprint density at radius 3 is 2.92 bits per heavy atom. The van der Waals surface area contributed by atoms with Crippen molar-refractivity contribution in [3.63, 3.8) is 0 Å². The molecule has 0 amide bonds. The Bertz CT molecular complexity index is 271. The molecule has 1 aromatic carbocycles. The van der Waals surface area contributed by atoms with Gasteiger partial charge in [0.1, 0.15) is 0 Å². The predicted octanol–water partition coefficient (Wildman–Crippen LogP) is -4.12. The van der Waals surface area contributed by atoms with Crippen LogP contribution in [0, 0.1) is 0 Å². The van der Waals surface area contributed by atoms with Gasteiger partial charge in [0, 0.05) is 0 Å². The first-order valence-corrected chi connectivity index (χ1v) is 9.83. The normalized spacial score (nSPS) is 21.6. The molecule has 68 valence electrons. The van der Waals surface area contributed by atoms with E-state index in [1.165, 1.54) is 10.1 Å². The van der Waals surface area contributed by atoms with E-state index in [0.29, 0.717) is 21.2 Å². The minimum absolute atomic E-state index is 0.176. The number of benzene rings is 1. The molecule has 2 rings (SSSR count). The molecule has 0 bridgehead atoms. The molecule has 1 aliphatic rings. The molecular weight excluding hydrogens is 376 g/mol. The van der Waals surface area contributed by atoms with Gasteiger partial charge < -0.3 is 0 Å². The van der Waals surface area contributed by atoms with Crippen LogP contribution >= 0.6 is 0 Å². The van der Waals surface area contributed by atoms with Gasteiger partial charge in [0.2, 0.25) is 0 Å². The molecule has 1 fully saturated rings. The zero-order chi connectivity index (χ0) is 8.39. The Labute approximate surface area is 94.2 Å². The van der Waals surface area contributed by atoms with Crippen LogP contribution in [0.15, 0.2) is 24.3 Å². The molecule has 1 atom stereocenters. The van der Waals surface area contributed by atoms with Crippen LogP contribution in [0.3, 0.4) is 0 Å². The summed E-state index contributed by atoms with van der Waals surface area (Å²) in [4.78, 5) is 2.26. The zero-order valence-corrected chi connectivity index (χ0v) is 11.2. The SMILES string of the molecule is C[I-]Nc1ccccc1C1C[I-]1. The number of hydrogen-bond donors (Lipinski definition) is 1. The summed E-state index contributed by atoms with van der Waals surface area (Å²) in [5.74, 6) is 0. The summed E-state index contributed by atoms with van der Waals surface area (Å²) in [5, 5.41) is 0. The first-order chi connectivity index (χ1) is 5.92. The maximum atomic E-state index is 3.53. The van der Waals surface area contributed by atoms with E-state index in [4.69, 9.17) is 0 Å². The van der Waals surface area contributed by atoms with Gasteiger partial charge in [-0.2, -0.15) is 0 Å². The summed E-state index contributed by atoms with van der Waals surface area (Å²) < 4.78 is 6.00. The molecule has 3 heteroatoms. The van der Waals surface area contributed by atoms with Crippen molar-refractivity contribution >= 4 is 5.69 Å². The molecule has 1 heterocycles. The fourth-order valence-electron chi connectivity index (χ4n) is 1.17. The summed E-state index contributed by atoms with van der Waals surface area (Å²) >= 11 is 0.716. The van der Waals surface area contributed by atoms with Gasteiger partial charge >= 0.3 is 95.0 Å². The van der Waals surface area contributed by atoms with Gasteiger partial charge in [-0.25, -0.2) is 0 Å². The molecule has 1 nitrogen and oxygen atoms in total. The van der Waals surface area contributed by atoms with E-state index in [-0.39, 0.29) is 21.5 Å². The molecule has 0 aliphatic carbocycles. The van der Waals surface area contributed by atoms with Gasteiger partial charge in [-0.15, -0.1) is 0 Å². The second-order valence-corrected chi connectivity index (χ2v) is 7.53. The third-order valence-corrected chi connectivity index (χ3v) is 5.36. The molecule has 12 heavy (non-hydrogen) atoms. The van der Waals surface area contributed by atoms with Crippen LogP contribution in [-0.2, 0) is 0 Å². The second-order valence-electron chi connectivity index (χ2n) is 2.65. The average Bonchev–Trinajstić information content (AvgIpc) is 2.89. The van der Waals surface area contributed by atoms with Crippen molar-refractivity contribution in [2.45, 2.75) is 3.92 Å². The number of halogens is 2. The van der Waals surface area contributed by atoms with Gasteiger partial charge in [0.05, 0.1) is 0 Å². The monoisotopic (exact) mass is 387 g/mol. The third kappa shape index (κ3) is 2.04. The summed E-state index contributed by atoms with van der Waals surface area (Å²) in [7, 11) is 0. The topological polar surface area (TPSA) is 12.0 Å². The third-order valence-electron chi connectivity index (χ3n) is 1.80. The van der Waals surface area contributed by atoms with E-state index in [0.717, 1.165) is 3.92 Å². The van der Waals surface area contributed by atoms with Crippen LogP contribution in [0.25, 0.3) is 0 Å². The number of hydrogen-bond acceptors (Lipinski definition) is 1. The van der Waals surface area contributed by atoms with Crippen LogP contribution < -0.4 is 46.2 Å². The first-order valence-electron chi connectivity index (χ1n) is 3.83. The Morgan fingerprint density at radius 1 is 1.50 bits per heavy atom. The number of nitrogens with one attached hydrogen (secondary N) is 1. The van der Waals surface area contributed by atoms with Crippen molar-refractivity contribution in [3.8, 4) is 0 Å². The Kier molecular flexibility index (Phi) is 3.11. The van der Waals surface area contributed by atoms with Crippen LogP contribution in [0.1, 0.15) is 9.49 Å². The van der Waals surface area contributed by atoms with Gasteiger partial charge in [-0.05, 0) is 0 Å². The van der Waals surface area contributed by atoms with E-state index in [2.05, 4.69) is 32.7 Å². The van der Waals surface area contributed by atoms with Gasteiger partial charge in [0.25, 0.3) is 0 Å². The summed E-state index contributed by atoms with van der Waals surface area (Å²) in [5.41, 5.74) is 3.00. The molecule has 0 aromatic heterocycles. The van der Waals surface area contributed by atoms with E-state index in [1.54, 1.807) is 5.56 Å². The van der Waals surface area contributed by atoms with Crippen molar-refractivity contribution in [1.82, 2.24) is 0 Å². The van der Waals surface area contributed by atoms with E-state index in [9.17, 15) is 0 Å². The first kappa shape index (κ1) is 9.05. The molecule has 0 radical (unpaired) electrons. The maximum absolute atomic E-state index is 3.53. The second kappa shape index (κ2) is 4.13. The van der Waals surface area contributed by atoms with Gasteiger partial charge in [-0.1, -0.05) is 0 Å². The van der Waals surface area contributed by atoms with Crippen LogP contribution in [0.4, 0.5) is 5.69 Å². The molecule has 1 saturated heterocycles. The van der Waals surface area contributed by atoms with E-state index in [1.807, 2.05) is 0 Å². The molecule has 1 unspecified atom stereocenters. The predicted molar refractivity (Wildman–Crippen MR) is 43.6 cm³/mol. The Hall–Kier alpha value is 0.480. The molecular formula is C9H11I2N-2. The molecule has 1 aliphatic heterocycles. The van der Waals surface area contributed by atoms with Crippen molar-refractivity contribution < 1.29 is 42.7 Å².